The summed E-state index contributed by atoms with van der Waals surface area (Å²) in [6.07, 6.45) is 2.40. The molecule has 0 saturated carbocycles. The molecule has 0 radical (unpaired) electrons. The fourth-order valence-corrected chi connectivity index (χ4v) is 2.11. The quantitative estimate of drug-likeness (QED) is 0.657. The summed E-state index contributed by atoms with van der Waals surface area (Å²) in [4.78, 5) is 0.445. The molecule has 0 N–H and O–H groups in total. The fraction of sp³-hybridized carbons (Fsp3) is 0.571. The molecule has 0 aromatic heterocycles. The molecule has 0 heterocycles. The van der Waals surface area contributed by atoms with Crippen molar-refractivity contribution in [1.82, 2.24) is 0 Å². The molecular weight excluding hydrogens is 248 g/mol. The molecule has 0 aliphatic heterocycles. The molecule has 1 aromatic rings. The number of hydrogen-bond acceptors (Lipinski definition) is 0. The van der Waals surface area contributed by atoms with E-state index in [2.05, 4.69) is 67.9 Å². The summed E-state index contributed by atoms with van der Waals surface area (Å²) in [5.74, 6) is 0. The minimum absolute atomic E-state index is 0.341. The molecule has 15 heavy (non-hydrogen) atoms. The van der Waals surface area contributed by atoms with Crippen LogP contribution < -0.4 is 0 Å². The van der Waals surface area contributed by atoms with E-state index in [4.69, 9.17) is 0 Å². The highest BCUT2D eigenvalue weighted by Crippen LogP contribution is 2.32. The summed E-state index contributed by atoms with van der Waals surface area (Å²) in [5.41, 5.74) is 3.16. The van der Waals surface area contributed by atoms with Crippen LogP contribution in [0.15, 0.2) is 24.3 Å². The monoisotopic (exact) mass is 268 g/mol. The van der Waals surface area contributed by atoms with E-state index in [1.165, 1.54) is 24.0 Å². The molecule has 1 unspecified atom stereocenters. The lowest BCUT2D eigenvalue weighted by Crippen LogP contribution is -2.19. The van der Waals surface area contributed by atoms with Gasteiger partial charge in [0, 0.05) is 4.83 Å². The molecule has 0 saturated heterocycles. The first-order valence-corrected chi connectivity index (χ1v) is 6.69. The van der Waals surface area contributed by atoms with Crippen molar-refractivity contribution >= 4 is 15.9 Å². The van der Waals surface area contributed by atoms with Crippen LogP contribution in [0.2, 0.25) is 0 Å². The number of rotatable bonds is 4. The van der Waals surface area contributed by atoms with Gasteiger partial charge in [-0.15, -0.1) is 0 Å². The molecule has 1 atom stereocenters. The zero-order valence-corrected chi connectivity index (χ0v) is 11.8. The summed E-state index contributed by atoms with van der Waals surface area (Å²) in [6.45, 7) is 9.04. The standard InChI is InChI=1S/C14H21Br/c1-5-14(4,6-2)13-9-7-12(8-10-13)11(3)15/h7-11H,5-6H2,1-4H3. The molecule has 0 aliphatic rings. The SMILES string of the molecule is CCC(C)(CC)c1ccc(C(C)Br)cc1. The first-order chi connectivity index (χ1) is 7.03. The topological polar surface area (TPSA) is 0 Å². The van der Waals surface area contributed by atoms with Crippen molar-refractivity contribution < 1.29 is 0 Å². The molecule has 1 rings (SSSR count). The number of halogens is 1. The Hall–Kier alpha value is -0.300. The minimum Gasteiger partial charge on any atom is -0.0842 e. The fourth-order valence-electron chi connectivity index (χ4n) is 1.81. The average Bonchev–Trinajstić information content (AvgIpc) is 2.28. The van der Waals surface area contributed by atoms with Crippen molar-refractivity contribution in [3.05, 3.63) is 35.4 Å². The molecule has 0 aliphatic carbocycles. The summed E-state index contributed by atoms with van der Waals surface area (Å²) >= 11 is 3.59. The van der Waals surface area contributed by atoms with Crippen LogP contribution in [0.1, 0.15) is 56.5 Å². The van der Waals surface area contributed by atoms with Crippen LogP contribution in [0.5, 0.6) is 0 Å². The van der Waals surface area contributed by atoms with E-state index in [0.29, 0.717) is 10.2 Å². The van der Waals surface area contributed by atoms with Gasteiger partial charge in [0.1, 0.15) is 0 Å². The first-order valence-electron chi connectivity index (χ1n) is 5.78. The summed E-state index contributed by atoms with van der Waals surface area (Å²) < 4.78 is 0. The second-order valence-electron chi connectivity index (χ2n) is 4.51. The van der Waals surface area contributed by atoms with Crippen molar-refractivity contribution in [3.63, 3.8) is 0 Å². The van der Waals surface area contributed by atoms with Gasteiger partial charge >= 0.3 is 0 Å². The third-order valence-electron chi connectivity index (χ3n) is 3.63. The van der Waals surface area contributed by atoms with Gasteiger partial charge in [-0.25, -0.2) is 0 Å². The van der Waals surface area contributed by atoms with Crippen molar-refractivity contribution in [2.24, 2.45) is 0 Å². The number of benzene rings is 1. The number of hydrogen-bond donors (Lipinski definition) is 0. The van der Waals surface area contributed by atoms with E-state index >= 15 is 0 Å². The van der Waals surface area contributed by atoms with Crippen molar-refractivity contribution in [1.29, 1.82) is 0 Å². The molecule has 0 spiro atoms. The second-order valence-corrected chi connectivity index (χ2v) is 5.88. The third-order valence-corrected chi connectivity index (χ3v) is 4.16. The molecule has 0 nitrogen and oxygen atoms in total. The summed E-state index contributed by atoms with van der Waals surface area (Å²) in [5, 5.41) is 0. The zero-order valence-electron chi connectivity index (χ0n) is 10.2. The van der Waals surface area contributed by atoms with Gasteiger partial charge in [0.15, 0.2) is 0 Å². The van der Waals surface area contributed by atoms with Gasteiger partial charge in [-0.1, -0.05) is 61.0 Å². The zero-order chi connectivity index (χ0) is 11.5. The van der Waals surface area contributed by atoms with Gasteiger partial charge in [-0.2, -0.15) is 0 Å². The van der Waals surface area contributed by atoms with Crippen LogP contribution >= 0.6 is 15.9 Å². The van der Waals surface area contributed by atoms with Crippen LogP contribution in [0.3, 0.4) is 0 Å². The maximum absolute atomic E-state index is 3.59. The Balaban J connectivity index is 2.97. The Labute approximate surface area is 102 Å². The van der Waals surface area contributed by atoms with Gasteiger partial charge in [-0.05, 0) is 36.3 Å². The lowest BCUT2D eigenvalue weighted by molar-refractivity contribution is 0.439. The first kappa shape index (κ1) is 12.8. The Morgan fingerprint density at radius 2 is 1.60 bits per heavy atom. The Morgan fingerprint density at radius 1 is 1.13 bits per heavy atom. The Morgan fingerprint density at radius 3 is 1.93 bits per heavy atom. The molecule has 1 aromatic carbocycles. The van der Waals surface area contributed by atoms with Crippen LogP contribution in [-0.4, -0.2) is 0 Å². The van der Waals surface area contributed by atoms with Gasteiger partial charge < -0.3 is 0 Å². The van der Waals surface area contributed by atoms with Crippen LogP contribution in [0.4, 0.5) is 0 Å². The highest BCUT2D eigenvalue weighted by molar-refractivity contribution is 9.09. The third kappa shape index (κ3) is 2.84. The predicted octanol–water partition coefficient (Wildman–Crippen LogP) is 5.22. The summed E-state index contributed by atoms with van der Waals surface area (Å²) in [7, 11) is 0. The van der Waals surface area contributed by atoms with Crippen LogP contribution in [0.25, 0.3) is 0 Å². The van der Waals surface area contributed by atoms with E-state index in [1.807, 2.05) is 0 Å². The predicted molar refractivity (Wildman–Crippen MR) is 71.7 cm³/mol. The highest BCUT2D eigenvalue weighted by atomic mass is 79.9. The second kappa shape index (κ2) is 5.16. The van der Waals surface area contributed by atoms with Crippen LogP contribution in [0, 0.1) is 0 Å². The van der Waals surface area contributed by atoms with E-state index in [0.717, 1.165) is 0 Å². The smallest absolute Gasteiger partial charge is 0.0367 e. The van der Waals surface area contributed by atoms with Gasteiger partial charge in [0.2, 0.25) is 0 Å². The van der Waals surface area contributed by atoms with Crippen molar-refractivity contribution in [2.45, 2.75) is 50.8 Å². The highest BCUT2D eigenvalue weighted by Gasteiger charge is 2.21. The van der Waals surface area contributed by atoms with Gasteiger partial charge in [-0.3, -0.25) is 0 Å². The maximum Gasteiger partial charge on any atom is 0.0367 e. The largest absolute Gasteiger partial charge is 0.0842 e. The minimum atomic E-state index is 0.341. The van der Waals surface area contributed by atoms with E-state index < -0.39 is 0 Å². The Bertz CT molecular complexity index is 294. The number of alkyl halides is 1. The summed E-state index contributed by atoms with van der Waals surface area (Å²) in [6, 6.07) is 9.02. The van der Waals surface area contributed by atoms with E-state index in [-0.39, 0.29) is 0 Å². The van der Waals surface area contributed by atoms with E-state index in [1.54, 1.807) is 0 Å². The average molecular weight is 269 g/mol. The normalized spacial score (nSPS) is 13.9. The van der Waals surface area contributed by atoms with Crippen molar-refractivity contribution in [2.75, 3.05) is 0 Å². The van der Waals surface area contributed by atoms with Gasteiger partial charge in [0.25, 0.3) is 0 Å². The molecule has 0 bridgehead atoms. The molecule has 0 fully saturated rings. The van der Waals surface area contributed by atoms with E-state index in [9.17, 15) is 0 Å². The molecule has 84 valence electrons. The molecular formula is C14H21Br. The molecule has 0 amide bonds. The lowest BCUT2D eigenvalue weighted by Gasteiger charge is -2.27. The Kier molecular flexibility index (Phi) is 4.39. The van der Waals surface area contributed by atoms with Crippen molar-refractivity contribution in [3.8, 4) is 0 Å². The van der Waals surface area contributed by atoms with Crippen LogP contribution in [-0.2, 0) is 5.41 Å². The molecule has 1 heteroatoms. The lowest BCUT2D eigenvalue weighted by atomic mass is 9.78. The van der Waals surface area contributed by atoms with Gasteiger partial charge in [0.05, 0.1) is 0 Å². The maximum atomic E-state index is 3.59.